The maximum absolute atomic E-state index is 12.4. The molecule has 1 aromatic rings. The summed E-state index contributed by atoms with van der Waals surface area (Å²) in [6, 6.07) is 5.46. The fourth-order valence-corrected chi connectivity index (χ4v) is 1.13. The van der Waals surface area contributed by atoms with Crippen LogP contribution in [0.15, 0.2) is 24.3 Å². The molecule has 0 spiro atoms. The second-order valence-electron chi connectivity index (χ2n) is 3.40. The Bertz CT molecular complexity index is 330. The van der Waals surface area contributed by atoms with Crippen molar-refractivity contribution in [1.29, 1.82) is 0 Å². The number of hydrogen-bond acceptors (Lipinski definition) is 2. The van der Waals surface area contributed by atoms with E-state index >= 15 is 0 Å². The summed E-state index contributed by atoms with van der Waals surface area (Å²) in [6.45, 7) is 0.737. The zero-order chi connectivity index (χ0) is 11.7. The first-order valence-electron chi connectivity index (χ1n) is 4.36. The summed E-state index contributed by atoms with van der Waals surface area (Å²) in [4.78, 5) is 0. The summed E-state index contributed by atoms with van der Waals surface area (Å²) in [5.74, 6) is 0. The van der Waals surface area contributed by atoms with E-state index in [0.717, 1.165) is 6.92 Å². The zero-order valence-corrected chi connectivity index (χ0v) is 8.39. The summed E-state index contributed by atoms with van der Waals surface area (Å²) in [6.07, 6.45) is -4.67. The van der Waals surface area contributed by atoms with Crippen LogP contribution < -0.4 is 5.32 Å². The van der Waals surface area contributed by atoms with Crippen LogP contribution >= 0.6 is 0 Å². The zero-order valence-electron chi connectivity index (χ0n) is 8.39. The average Bonchev–Trinajstić information content (AvgIpc) is 2.16. The lowest BCUT2D eigenvalue weighted by Crippen LogP contribution is -2.39. The molecule has 0 radical (unpaired) electrons. The van der Waals surface area contributed by atoms with Crippen molar-refractivity contribution < 1.29 is 18.3 Å². The van der Waals surface area contributed by atoms with E-state index in [1.54, 1.807) is 7.05 Å². The highest BCUT2D eigenvalue weighted by atomic mass is 19.4. The van der Waals surface area contributed by atoms with Crippen LogP contribution in [0.3, 0.4) is 0 Å². The molecule has 1 aromatic carbocycles. The number of nitrogens with one attached hydrogen (secondary N) is 1. The van der Waals surface area contributed by atoms with E-state index in [-0.39, 0.29) is 5.56 Å². The Morgan fingerprint density at radius 2 is 1.60 bits per heavy atom. The highest BCUT2D eigenvalue weighted by Crippen LogP contribution is 2.38. The number of rotatable bonds is 2. The van der Waals surface area contributed by atoms with E-state index in [4.69, 9.17) is 0 Å². The van der Waals surface area contributed by atoms with Crippen molar-refractivity contribution in [2.75, 3.05) is 12.4 Å². The number of halogens is 3. The molecule has 1 atom stereocenters. The molecule has 0 aliphatic carbocycles. The fourth-order valence-electron chi connectivity index (χ4n) is 1.13. The molecule has 0 fully saturated rings. The quantitative estimate of drug-likeness (QED) is 0.801. The molecule has 2 N–H and O–H groups in total. The molecule has 0 aliphatic heterocycles. The minimum Gasteiger partial charge on any atom is -0.388 e. The van der Waals surface area contributed by atoms with Crippen molar-refractivity contribution in [1.82, 2.24) is 0 Å². The molecule has 15 heavy (non-hydrogen) atoms. The number of anilines is 1. The van der Waals surface area contributed by atoms with Gasteiger partial charge in [0, 0.05) is 12.7 Å². The van der Waals surface area contributed by atoms with Crippen LogP contribution in [0, 0.1) is 0 Å². The van der Waals surface area contributed by atoms with E-state index in [1.807, 2.05) is 0 Å². The Balaban J connectivity index is 3.06. The second kappa shape index (κ2) is 3.73. The van der Waals surface area contributed by atoms with Gasteiger partial charge in [0.1, 0.15) is 0 Å². The number of benzene rings is 1. The van der Waals surface area contributed by atoms with Crippen molar-refractivity contribution in [3.63, 3.8) is 0 Å². The SMILES string of the molecule is CNc1ccc(C(C)(O)C(F)(F)F)cc1. The van der Waals surface area contributed by atoms with Gasteiger partial charge in [-0.1, -0.05) is 12.1 Å². The Kier molecular flexibility index (Phi) is 2.95. The molecule has 0 amide bonds. The first kappa shape index (κ1) is 11.8. The third-order valence-electron chi connectivity index (χ3n) is 2.29. The van der Waals surface area contributed by atoms with Gasteiger partial charge in [-0.2, -0.15) is 13.2 Å². The van der Waals surface area contributed by atoms with E-state index in [2.05, 4.69) is 5.32 Å². The van der Waals surface area contributed by atoms with E-state index < -0.39 is 11.8 Å². The predicted molar refractivity (Wildman–Crippen MR) is 51.6 cm³/mol. The molecule has 2 nitrogen and oxygen atoms in total. The van der Waals surface area contributed by atoms with Gasteiger partial charge in [0.05, 0.1) is 0 Å². The number of alkyl halides is 3. The molecule has 1 unspecified atom stereocenters. The largest absolute Gasteiger partial charge is 0.421 e. The van der Waals surface area contributed by atoms with Crippen molar-refractivity contribution in [3.05, 3.63) is 29.8 Å². The average molecular weight is 219 g/mol. The van der Waals surface area contributed by atoms with Crippen LogP contribution in [0.1, 0.15) is 12.5 Å². The Morgan fingerprint density at radius 1 is 1.13 bits per heavy atom. The van der Waals surface area contributed by atoms with E-state index in [0.29, 0.717) is 5.69 Å². The molecule has 0 saturated heterocycles. The van der Waals surface area contributed by atoms with E-state index in [9.17, 15) is 18.3 Å². The molecule has 5 heteroatoms. The monoisotopic (exact) mass is 219 g/mol. The standard InChI is InChI=1S/C10H12F3NO/c1-9(15,10(11,12)13)7-3-5-8(14-2)6-4-7/h3-6,14-15H,1-2H3. The van der Waals surface area contributed by atoms with Gasteiger partial charge in [-0.3, -0.25) is 0 Å². The highest BCUT2D eigenvalue weighted by Gasteiger charge is 2.50. The topological polar surface area (TPSA) is 32.3 Å². The first-order chi connectivity index (χ1) is 6.79. The maximum Gasteiger partial charge on any atom is 0.421 e. The molecule has 0 bridgehead atoms. The molecule has 0 aliphatic rings. The minimum absolute atomic E-state index is 0.172. The van der Waals surface area contributed by atoms with Crippen LogP contribution in [0.4, 0.5) is 18.9 Å². The maximum atomic E-state index is 12.4. The van der Waals surface area contributed by atoms with Crippen LogP contribution in [-0.4, -0.2) is 18.3 Å². The van der Waals surface area contributed by atoms with Crippen molar-refractivity contribution in [3.8, 4) is 0 Å². The lowest BCUT2D eigenvalue weighted by Gasteiger charge is -2.26. The molecule has 1 rings (SSSR count). The lowest BCUT2D eigenvalue weighted by atomic mass is 9.95. The third kappa shape index (κ3) is 2.23. The van der Waals surface area contributed by atoms with Gasteiger partial charge in [-0.25, -0.2) is 0 Å². The Morgan fingerprint density at radius 3 is 1.93 bits per heavy atom. The summed E-state index contributed by atoms with van der Waals surface area (Å²) < 4.78 is 37.3. The fraction of sp³-hybridized carbons (Fsp3) is 0.400. The van der Waals surface area contributed by atoms with Crippen molar-refractivity contribution >= 4 is 5.69 Å². The smallest absolute Gasteiger partial charge is 0.388 e. The van der Waals surface area contributed by atoms with E-state index in [1.165, 1.54) is 24.3 Å². The number of hydrogen-bond donors (Lipinski definition) is 2. The second-order valence-corrected chi connectivity index (χ2v) is 3.40. The van der Waals surface area contributed by atoms with Gasteiger partial charge in [0.15, 0.2) is 5.60 Å². The first-order valence-corrected chi connectivity index (χ1v) is 4.36. The summed E-state index contributed by atoms with van der Waals surface area (Å²) in [5.41, 5.74) is -2.29. The Labute approximate surface area is 85.7 Å². The van der Waals surface area contributed by atoms with Gasteiger partial charge >= 0.3 is 6.18 Å². The molecular weight excluding hydrogens is 207 g/mol. The predicted octanol–water partition coefficient (Wildman–Crippen LogP) is 2.50. The van der Waals surface area contributed by atoms with Gasteiger partial charge in [-0.15, -0.1) is 0 Å². The molecule has 0 saturated carbocycles. The molecule has 0 aromatic heterocycles. The van der Waals surface area contributed by atoms with Crippen molar-refractivity contribution in [2.45, 2.75) is 18.7 Å². The molecule has 84 valence electrons. The van der Waals surface area contributed by atoms with Crippen LogP contribution in [0.2, 0.25) is 0 Å². The summed E-state index contributed by atoms with van der Waals surface area (Å²) >= 11 is 0. The minimum atomic E-state index is -4.67. The highest BCUT2D eigenvalue weighted by molar-refractivity contribution is 5.45. The van der Waals surface area contributed by atoms with Crippen LogP contribution in [0.5, 0.6) is 0 Å². The summed E-state index contributed by atoms with van der Waals surface area (Å²) in [7, 11) is 1.66. The van der Waals surface area contributed by atoms with Gasteiger partial charge in [-0.05, 0) is 24.6 Å². The van der Waals surface area contributed by atoms with Gasteiger partial charge in [0.2, 0.25) is 0 Å². The van der Waals surface area contributed by atoms with Crippen LogP contribution in [0.25, 0.3) is 0 Å². The Hall–Kier alpha value is -1.23. The normalized spacial score (nSPS) is 15.9. The van der Waals surface area contributed by atoms with Gasteiger partial charge in [0.25, 0.3) is 0 Å². The summed E-state index contributed by atoms with van der Waals surface area (Å²) in [5, 5.41) is 12.1. The molecule has 0 heterocycles. The third-order valence-corrected chi connectivity index (χ3v) is 2.29. The van der Waals surface area contributed by atoms with Gasteiger partial charge < -0.3 is 10.4 Å². The van der Waals surface area contributed by atoms with Crippen LogP contribution in [-0.2, 0) is 5.60 Å². The van der Waals surface area contributed by atoms with Crippen molar-refractivity contribution in [2.24, 2.45) is 0 Å². The lowest BCUT2D eigenvalue weighted by molar-refractivity contribution is -0.258. The number of aliphatic hydroxyl groups is 1. The molecular formula is C10H12F3NO.